The third-order valence-electron chi connectivity index (χ3n) is 15.7. The van der Waals surface area contributed by atoms with Gasteiger partial charge >= 0.3 is 5.97 Å². The van der Waals surface area contributed by atoms with Crippen LogP contribution in [0.1, 0.15) is 310 Å². The summed E-state index contributed by atoms with van der Waals surface area (Å²) in [6, 6.07) is -1.03. The number of carbonyl (C=O) groups is 2. The number of esters is 1. The summed E-state index contributed by atoms with van der Waals surface area (Å²) in [7, 11) is 0. The van der Waals surface area contributed by atoms with E-state index in [0.717, 1.165) is 77.0 Å². The molecule has 11 nitrogen and oxygen atoms in total. The molecular formula is C68H125NO10. The van der Waals surface area contributed by atoms with Crippen molar-refractivity contribution < 1.29 is 49.3 Å². The average Bonchev–Trinajstić information content (AvgIpc) is 3.49. The number of hydrogen-bond acceptors (Lipinski definition) is 10. The van der Waals surface area contributed by atoms with Crippen LogP contribution in [0.4, 0.5) is 0 Å². The van der Waals surface area contributed by atoms with Crippen molar-refractivity contribution in [3.8, 4) is 0 Å². The van der Waals surface area contributed by atoms with E-state index in [4.69, 9.17) is 14.2 Å². The Kier molecular flexibility index (Phi) is 53.0. The smallest absolute Gasteiger partial charge is 0.306 e. The minimum Gasteiger partial charge on any atom is -0.454 e. The molecule has 1 heterocycles. The van der Waals surface area contributed by atoms with Gasteiger partial charge in [-0.05, 0) is 83.5 Å². The lowest BCUT2D eigenvalue weighted by molar-refractivity contribution is -0.305. The van der Waals surface area contributed by atoms with Crippen molar-refractivity contribution in [2.75, 3.05) is 13.2 Å². The summed E-state index contributed by atoms with van der Waals surface area (Å²) in [5, 5.41) is 57.1. The summed E-state index contributed by atoms with van der Waals surface area (Å²) in [6.07, 6.45) is 58.5. The van der Waals surface area contributed by atoms with Crippen LogP contribution in [0.25, 0.3) is 0 Å². The average molecular weight is 1120 g/mol. The Bertz CT molecular complexity index is 1470. The summed E-state index contributed by atoms with van der Waals surface area (Å²) < 4.78 is 17.7. The van der Waals surface area contributed by atoms with Crippen LogP contribution in [0.3, 0.4) is 0 Å². The molecule has 0 radical (unpaired) electrons. The molecule has 1 aliphatic heterocycles. The molecule has 8 unspecified atom stereocenters. The second kappa shape index (κ2) is 56.1. The highest BCUT2D eigenvalue weighted by molar-refractivity contribution is 5.80. The van der Waals surface area contributed by atoms with E-state index in [1.807, 2.05) is 6.08 Å². The van der Waals surface area contributed by atoms with Gasteiger partial charge in [0.15, 0.2) is 12.4 Å². The van der Waals surface area contributed by atoms with Crippen molar-refractivity contribution in [1.82, 2.24) is 5.32 Å². The van der Waals surface area contributed by atoms with Crippen LogP contribution in [-0.2, 0) is 23.8 Å². The lowest BCUT2D eigenvalue weighted by Gasteiger charge is -2.41. The Labute approximate surface area is 485 Å². The number of rotatable bonds is 57. The van der Waals surface area contributed by atoms with Gasteiger partial charge in [-0.3, -0.25) is 9.59 Å². The number of allylic oxidation sites excluding steroid dienone is 7. The predicted molar refractivity (Wildman–Crippen MR) is 329 cm³/mol. The topological polar surface area (TPSA) is 175 Å². The second-order valence-electron chi connectivity index (χ2n) is 23.2. The van der Waals surface area contributed by atoms with E-state index in [1.165, 1.54) is 186 Å². The maximum atomic E-state index is 13.4. The van der Waals surface area contributed by atoms with Crippen LogP contribution in [-0.4, -0.2) is 99.6 Å². The van der Waals surface area contributed by atoms with Crippen LogP contribution in [0.2, 0.25) is 0 Å². The van der Waals surface area contributed by atoms with Gasteiger partial charge in [-0.1, -0.05) is 268 Å². The molecule has 0 bridgehead atoms. The molecule has 0 aromatic rings. The van der Waals surface area contributed by atoms with Crippen molar-refractivity contribution in [3.05, 3.63) is 48.6 Å². The first-order chi connectivity index (χ1) is 38.7. The molecule has 0 aliphatic carbocycles. The van der Waals surface area contributed by atoms with Gasteiger partial charge in [0, 0.05) is 6.42 Å². The molecule has 1 amide bonds. The fourth-order valence-corrected chi connectivity index (χ4v) is 10.4. The van der Waals surface area contributed by atoms with Crippen molar-refractivity contribution in [3.63, 3.8) is 0 Å². The number of amides is 1. The first-order valence-electron chi connectivity index (χ1n) is 33.4. The number of unbranched alkanes of at least 4 members (excludes halogenated alkanes) is 37. The molecule has 6 N–H and O–H groups in total. The molecule has 79 heavy (non-hydrogen) atoms. The molecule has 1 aliphatic rings. The Morgan fingerprint density at radius 2 is 0.873 bits per heavy atom. The van der Waals surface area contributed by atoms with E-state index in [0.29, 0.717) is 12.8 Å². The molecule has 0 aromatic heterocycles. The number of nitrogens with one attached hydrogen (secondary N) is 1. The number of carbonyl (C=O) groups excluding carboxylic acids is 2. The molecule has 0 saturated carbocycles. The lowest BCUT2D eigenvalue weighted by Crippen LogP contribution is -2.61. The summed E-state index contributed by atoms with van der Waals surface area (Å²) >= 11 is 0. The van der Waals surface area contributed by atoms with Crippen LogP contribution in [0.15, 0.2) is 48.6 Å². The van der Waals surface area contributed by atoms with E-state index in [2.05, 4.69) is 62.5 Å². The van der Waals surface area contributed by atoms with E-state index < -0.39 is 67.4 Å². The van der Waals surface area contributed by atoms with Crippen molar-refractivity contribution in [1.29, 1.82) is 0 Å². The predicted octanol–water partition coefficient (Wildman–Crippen LogP) is 16.4. The van der Waals surface area contributed by atoms with Gasteiger partial charge < -0.3 is 45.1 Å². The zero-order chi connectivity index (χ0) is 57.5. The molecular weight excluding hydrogens is 991 g/mol. The standard InChI is InChI=1S/C68H125NO10/c1-4-7-10-13-16-19-22-25-27-29-30-31-32-33-35-38-41-44-47-50-53-56-63(73)79-66-65(75)64(74)62(57-70)78-68(66)77-58-59(60(71)54-51-48-45-42-39-36-24-21-18-15-12-9-6-3)69-67(76)61(72)55-52-49-46-43-40-37-34-28-26-23-20-17-14-11-8-5-2/h16,19,25-28,51,54,59-62,64-66,68,70-72,74-75H,4-15,17-18,20-24,29-50,52-53,55-58H2,1-3H3,(H,69,76)/b19-16-,27-25-,28-26+,54-51+. The Morgan fingerprint density at radius 1 is 0.494 bits per heavy atom. The Balaban J connectivity index is 2.64. The van der Waals surface area contributed by atoms with Gasteiger partial charge in [0.1, 0.15) is 24.4 Å². The minimum atomic E-state index is -1.61. The number of ether oxygens (including phenoxy) is 3. The molecule has 1 fully saturated rings. The third kappa shape index (κ3) is 43.9. The Morgan fingerprint density at radius 3 is 1.33 bits per heavy atom. The van der Waals surface area contributed by atoms with Gasteiger partial charge in [-0.2, -0.15) is 0 Å². The summed E-state index contributed by atoms with van der Waals surface area (Å²) in [5.41, 5.74) is 0. The normalized spacial score (nSPS) is 19.1. The van der Waals surface area contributed by atoms with Gasteiger partial charge in [-0.15, -0.1) is 0 Å². The minimum absolute atomic E-state index is 0.122. The number of hydrogen-bond donors (Lipinski definition) is 6. The van der Waals surface area contributed by atoms with Gasteiger partial charge in [0.2, 0.25) is 5.91 Å². The highest BCUT2D eigenvalue weighted by Crippen LogP contribution is 2.26. The fraction of sp³-hybridized carbons (Fsp3) is 0.853. The van der Waals surface area contributed by atoms with E-state index in [-0.39, 0.29) is 19.4 Å². The number of aliphatic hydroxyl groups is 5. The van der Waals surface area contributed by atoms with Crippen LogP contribution < -0.4 is 5.32 Å². The molecule has 8 atom stereocenters. The maximum Gasteiger partial charge on any atom is 0.306 e. The van der Waals surface area contributed by atoms with E-state index in [9.17, 15) is 35.1 Å². The highest BCUT2D eigenvalue weighted by Gasteiger charge is 2.47. The van der Waals surface area contributed by atoms with Gasteiger partial charge in [-0.25, -0.2) is 0 Å². The van der Waals surface area contributed by atoms with Crippen molar-refractivity contribution >= 4 is 11.9 Å². The molecule has 0 spiro atoms. The Hall–Kier alpha value is -2.38. The molecule has 1 saturated heterocycles. The number of aliphatic hydroxyl groups excluding tert-OH is 5. The lowest BCUT2D eigenvalue weighted by atomic mass is 9.99. The molecule has 1 rings (SSSR count). The maximum absolute atomic E-state index is 13.4. The van der Waals surface area contributed by atoms with Crippen molar-refractivity contribution in [2.45, 2.75) is 359 Å². The molecule has 0 aromatic carbocycles. The monoisotopic (exact) mass is 1120 g/mol. The first kappa shape index (κ1) is 74.6. The summed E-state index contributed by atoms with van der Waals surface area (Å²) in [6.45, 7) is 5.79. The van der Waals surface area contributed by atoms with E-state index in [1.54, 1.807) is 6.08 Å². The van der Waals surface area contributed by atoms with Crippen LogP contribution >= 0.6 is 0 Å². The van der Waals surface area contributed by atoms with Crippen LogP contribution in [0, 0.1) is 0 Å². The zero-order valence-electron chi connectivity index (χ0n) is 51.2. The van der Waals surface area contributed by atoms with Crippen molar-refractivity contribution in [2.24, 2.45) is 0 Å². The first-order valence-corrected chi connectivity index (χ1v) is 33.4. The van der Waals surface area contributed by atoms with Gasteiger partial charge in [0.25, 0.3) is 0 Å². The summed E-state index contributed by atoms with van der Waals surface area (Å²) in [5.74, 6) is -1.19. The third-order valence-corrected chi connectivity index (χ3v) is 15.7. The molecule has 11 heteroatoms. The second-order valence-corrected chi connectivity index (χ2v) is 23.2. The quantitative estimate of drug-likeness (QED) is 0.0195. The molecule has 462 valence electrons. The van der Waals surface area contributed by atoms with E-state index >= 15 is 0 Å². The SMILES string of the molecule is CCCCC/C=C\C/C=C\CCCCCCCCCCCCCC(=O)OC1C(OCC(NC(=O)C(O)CCCCCCCC/C=C/CCCCCCCC)C(O)/C=C/CCCCCCCCCCCCC)OC(CO)C(O)C1O. The van der Waals surface area contributed by atoms with Crippen LogP contribution in [0.5, 0.6) is 0 Å². The van der Waals surface area contributed by atoms with Gasteiger partial charge in [0.05, 0.1) is 25.4 Å². The zero-order valence-corrected chi connectivity index (χ0v) is 51.2. The fourth-order valence-electron chi connectivity index (χ4n) is 10.4. The largest absolute Gasteiger partial charge is 0.454 e. The summed E-state index contributed by atoms with van der Waals surface area (Å²) in [4.78, 5) is 26.6. The highest BCUT2D eigenvalue weighted by atomic mass is 16.7.